The summed E-state index contributed by atoms with van der Waals surface area (Å²) < 4.78 is 5.30. The Bertz CT molecular complexity index is 392. The van der Waals surface area contributed by atoms with Crippen molar-refractivity contribution in [3.63, 3.8) is 0 Å². The van der Waals surface area contributed by atoms with E-state index in [1.54, 1.807) is 0 Å². The van der Waals surface area contributed by atoms with Crippen LogP contribution < -0.4 is 21.3 Å². The Morgan fingerprint density at radius 3 is 2.59 bits per heavy atom. The van der Waals surface area contributed by atoms with Gasteiger partial charge >= 0.3 is 0 Å². The van der Waals surface area contributed by atoms with Crippen LogP contribution in [0.5, 0.6) is 5.75 Å². The average molecular weight is 239 g/mol. The van der Waals surface area contributed by atoms with E-state index in [0.29, 0.717) is 30.3 Å². The first kappa shape index (κ1) is 11.8. The molecule has 0 radical (unpaired) electrons. The minimum absolute atomic E-state index is 0.392. The number of morpholine rings is 1. The summed E-state index contributed by atoms with van der Waals surface area (Å²) in [7, 11) is 1.43. The molecule has 1 aliphatic rings. The summed E-state index contributed by atoms with van der Waals surface area (Å²) in [5.74, 6) is 0.439. The fourth-order valence-corrected chi connectivity index (χ4v) is 1.80. The van der Waals surface area contributed by atoms with E-state index in [1.165, 1.54) is 7.11 Å². The molecule has 0 amide bonds. The number of rotatable bonds is 3. The van der Waals surface area contributed by atoms with E-state index in [0.717, 1.165) is 18.8 Å². The highest BCUT2D eigenvalue weighted by Gasteiger charge is 2.15. The Morgan fingerprint density at radius 1 is 1.24 bits per heavy atom. The molecule has 0 saturated carbocycles. The third-order valence-electron chi connectivity index (χ3n) is 2.71. The van der Waals surface area contributed by atoms with Gasteiger partial charge in [-0.05, 0) is 6.07 Å². The van der Waals surface area contributed by atoms with Crippen LogP contribution in [0.3, 0.4) is 0 Å². The van der Waals surface area contributed by atoms with E-state index in [9.17, 15) is 0 Å². The maximum atomic E-state index is 5.84. The molecular formula is C11H17N3O3. The molecule has 94 valence electrons. The minimum atomic E-state index is 0.392. The lowest BCUT2D eigenvalue weighted by Gasteiger charge is -2.29. The van der Waals surface area contributed by atoms with Crippen molar-refractivity contribution in [1.29, 1.82) is 0 Å². The fraction of sp³-hybridized carbons (Fsp3) is 0.455. The maximum Gasteiger partial charge on any atom is 0.192 e. The average Bonchev–Trinajstić information content (AvgIpc) is 2.36. The van der Waals surface area contributed by atoms with Gasteiger partial charge in [0.25, 0.3) is 0 Å². The highest BCUT2D eigenvalue weighted by Crippen LogP contribution is 2.33. The first-order chi connectivity index (χ1) is 8.22. The second-order valence-electron chi connectivity index (χ2n) is 3.80. The van der Waals surface area contributed by atoms with Crippen LogP contribution in [0.15, 0.2) is 12.1 Å². The Morgan fingerprint density at radius 2 is 1.94 bits per heavy atom. The van der Waals surface area contributed by atoms with Gasteiger partial charge in [0.2, 0.25) is 0 Å². The number of nitrogen functional groups attached to an aromatic ring is 2. The van der Waals surface area contributed by atoms with Gasteiger partial charge in [0.05, 0.1) is 26.0 Å². The van der Waals surface area contributed by atoms with Crippen molar-refractivity contribution in [2.75, 3.05) is 49.8 Å². The molecule has 1 heterocycles. The summed E-state index contributed by atoms with van der Waals surface area (Å²) in [4.78, 5) is 11.8. The number of benzene rings is 1. The van der Waals surface area contributed by atoms with Crippen LogP contribution in [0.25, 0.3) is 0 Å². The molecule has 1 fully saturated rings. The molecule has 1 saturated heterocycles. The van der Waals surface area contributed by atoms with Crippen molar-refractivity contribution in [2.24, 2.45) is 0 Å². The summed E-state index contributed by atoms with van der Waals surface area (Å²) in [5, 5.41) is 0. The predicted molar refractivity (Wildman–Crippen MR) is 65.9 cm³/mol. The fourth-order valence-electron chi connectivity index (χ4n) is 1.80. The third-order valence-corrected chi connectivity index (χ3v) is 2.71. The normalized spacial score (nSPS) is 15.9. The number of anilines is 3. The van der Waals surface area contributed by atoms with Gasteiger partial charge in [0.15, 0.2) is 5.75 Å². The van der Waals surface area contributed by atoms with Gasteiger partial charge in [-0.2, -0.15) is 4.89 Å². The number of ether oxygens (including phenoxy) is 1. The van der Waals surface area contributed by atoms with Crippen LogP contribution in [0.2, 0.25) is 0 Å². The van der Waals surface area contributed by atoms with Crippen LogP contribution in [0.4, 0.5) is 17.1 Å². The second kappa shape index (κ2) is 5.11. The molecule has 0 unspecified atom stereocenters. The molecule has 1 aliphatic heterocycles. The molecule has 0 atom stereocenters. The third kappa shape index (κ3) is 2.54. The predicted octanol–water partition coefficient (Wildman–Crippen LogP) is 0.628. The monoisotopic (exact) mass is 239 g/mol. The Hall–Kier alpha value is -1.66. The van der Waals surface area contributed by atoms with Crippen molar-refractivity contribution < 1.29 is 14.5 Å². The van der Waals surface area contributed by atoms with E-state index in [1.807, 2.05) is 12.1 Å². The van der Waals surface area contributed by atoms with E-state index < -0.39 is 0 Å². The quantitative estimate of drug-likeness (QED) is 0.457. The Balaban J connectivity index is 2.27. The lowest BCUT2D eigenvalue weighted by atomic mass is 10.2. The molecule has 0 spiro atoms. The van der Waals surface area contributed by atoms with Gasteiger partial charge in [-0.3, -0.25) is 0 Å². The summed E-state index contributed by atoms with van der Waals surface area (Å²) >= 11 is 0. The molecule has 0 aliphatic carbocycles. The summed E-state index contributed by atoms with van der Waals surface area (Å²) in [6.07, 6.45) is 0. The van der Waals surface area contributed by atoms with Crippen molar-refractivity contribution in [3.05, 3.63) is 12.1 Å². The zero-order valence-electron chi connectivity index (χ0n) is 9.81. The van der Waals surface area contributed by atoms with Gasteiger partial charge in [0.1, 0.15) is 5.69 Å². The first-order valence-corrected chi connectivity index (χ1v) is 5.44. The molecule has 6 heteroatoms. The second-order valence-corrected chi connectivity index (χ2v) is 3.80. The summed E-state index contributed by atoms with van der Waals surface area (Å²) in [5.41, 5.74) is 13.5. The lowest BCUT2D eigenvalue weighted by Crippen LogP contribution is -2.36. The standard InChI is InChI=1S/C11H17N3O3/c1-15-17-10-7-8(6-9(12)11(10)13)14-2-4-16-5-3-14/h6-7H,2-5,12-13H2,1H3. The van der Waals surface area contributed by atoms with Crippen molar-refractivity contribution in [3.8, 4) is 5.75 Å². The lowest BCUT2D eigenvalue weighted by molar-refractivity contribution is -0.177. The van der Waals surface area contributed by atoms with Crippen LogP contribution in [-0.4, -0.2) is 33.4 Å². The minimum Gasteiger partial charge on any atom is -0.397 e. The van der Waals surface area contributed by atoms with E-state index in [4.69, 9.17) is 21.1 Å². The zero-order valence-corrected chi connectivity index (χ0v) is 9.81. The van der Waals surface area contributed by atoms with E-state index in [2.05, 4.69) is 9.79 Å². The van der Waals surface area contributed by atoms with Gasteiger partial charge in [-0.1, -0.05) is 0 Å². The van der Waals surface area contributed by atoms with E-state index >= 15 is 0 Å². The van der Waals surface area contributed by atoms with Crippen molar-refractivity contribution >= 4 is 17.1 Å². The van der Waals surface area contributed by atoms with E-state index in [-0.39, 0.29) is 0 Å². The van der Waals surface area contributed by atoms with Crippen molar-refractivity contribution in [2.45, 2.75) is 0 Å². The summed E-state index contributed by atoms with van der Waals surface area (Å²) in [6.45, 7) is 3.08. The highest BCUT2D eigenvalue weighted by molar-refractivity contribution is 5.76. The van der Waals surface area contributed by atoms with Crippen LogP contribution in [0, 0.1) is 0 Å². The van der Waals surface area contributed by atoms with Crippen molar-refractivity contribution in [1.82, 2.24) is 0 Å². The molecule has 0 aromatic heterocycles. The van der Waals surface area contributed by atoms with Gasteiger partial charge < -0.3 is 26.0 Å². The Kier molecular flexibility index (Phi) is 3.55. The Labute approximate surface area is 100.0 Å². The molecule has 0 bridgehead atoms. The maximum absolute atomic E-state index is 5.84. The smallest absolute Gasteiger partial charge is 0.192 e. The van der Waals surface area contributed by atoms with Gasteiger partial charge in [-0.15, -0.1) is 0 Å². The number of hydrogen-bond donors (Lipinski definition) is 2. The molecule has 6 nitrogen and oxygen atoms in total. The van der Waals surface area contributed by atoms with Gasteiger partial charge in [0, 0.05) is 24.8 Å². The summed E-state index contributed by atoms with van der Waals surface area (Å²) in [6, 6.07) is 3.66. The number of nitrogens with two attached hydrogens (primary N) is 2. The first-order valence-electron chi connectivity index (χ1n) is 5.44. The highest BCUT2D eigenvalue weighted by atomic mass is 17.2. The molecule has 2 rings (SSSR count). The zero-order chi connectivity index (χ0) is 12.3. The van der Waals surface area contributed by atoms with Crippen LogP contribution in [-0.2, 0) is 9.62 Å². The molecule has 1 aromatic carbocycles. The van der Waals surface area contributed by atoms with Crippen LogP contribution >= 0.6 is 0 Å². The molecule has 1 aromatic rings. The number of hydrogen-bond acceptors (Lipinski definition) is 6. The molecular weight excluding hydrogens is 222 g/mol. The number of nitrogens with zero attached hydrogens (tertiary/aromatic N) is 1. The molecule has 17 heavy (non-hydrogen) atoms. The largest absolute Gasteiger partial charge is 0.397 e. The van der Waals surface area contributed by atoms with Gasteiger partial charge in [-0.25, -0.2) is 0 Å². The topological polar surface area (TPSA) is 83.0 Å². The molecule has 4 N–H and O–H groups in total. The SMILES string of the molecule is COOc1cc(N2CCOCC2)cc(N)c1N. The van der Waals surface area contributed by atoms with Crippen LogP contribution in [0.1, 0.15) is 0 Å².